The third-order valence-corrected chi connectivity index (χ3v) is 5.33. The van der Waals surface area contributed by atoms with Crippen molar-refractivity contribution in [2.24, 2.45) is 0 Å². The highest BCUT2D eigenvalue weighted by atomic mass is 79.9. The lowest BCUT2D eigenvalue weighted by Crippen LogP contribution is -2.43. The number of hydrogen-bond donors (Lipinski definition) is 0. The maximum absolute atomic E-state index is 12.5. The molecule has 27 heavy (non-hydrogen) atoms. The lowest BCUT2D eigenvalue weighted by molar-refractivity contribution is -0.148. The summed E-state index contributed by atoms with van der Waals surface area (Å²) in [6, 6.07) is 8.34. The molecular formula is C22H30BrNO3. The van der Waals surface area contributed by atoms with Gasteiger partial charge in [-0.3, -0.25) is 4.79 Å². The fraction of sp³-hybridized carbons (Fsp3) is 0.545. The van der Waals surface area contributed by atoms with Crippen LogP contribution in [-0.2, 0) is 20.9 Å². The normalized spacial score (nSPS) is 18.1. The molecule has 0 bridgehead atoms. The molecule has 1 aliphatic heterocycles. The first kappa shape index (κ1) is 21.7. The maximum Gasteiger partial charge on any atom is 0.330 e. The molecule has 2 rings (SSSR count). The molecular weight excluding hydrogens is 406 g/mol. The second kappa shape index (κ2) is 10.1. The largest absolute Gasteiger partial charge is 0.457 e. The van der Waals surface area contributed by atoms with Gasteiger partial charge < -0.3 is 9.64 Å². The summed E-state index contributed by atoms with van der Waals surface area (Å²) >= 11 is 3.58. The number of allylic oxidation sites excluding steroid dienone is 1. The first-order valence-electron chi connectivity index (χ1n) is 9.68. The van der Waals surface area contributed by atoms with Crippen LogP contribution < -0.4 is 0 Å². The summed E-state index contributed by atoms with van der Waals surface area (Å²) in [5.41, 5.74) is 0.679. The number of nitrogens with zero attached hydrogens (tertiary/aromatic N) is 1. The van der Waals surface area contributed by atoms with Gasteiger partial charge in [-0.05, 0) is 64.5 Å². The lowest BCUT2D eigenvalue weighted by atomic mass is 9.96. The van der Waals surface area contributed by atoms with Gasteiger partial charge in [0.15, 0.2) is 0 Å². The molecule has 1 aromatic rings. The van der Waals surface area contributed by atoms with Crippen LogP contribution in [0.15, 0.2) is 40.9 Å². The fourth-order valence-electron chi connectivity index (χ4n) is 3.31. The number of unbranched alkanes of at least 4 members (excludes halogenated alkanes) is 1. The Morgan fingerprint density at radius 1 is 1.33 bits per heavy atom. The molecule has 0 aromatic heterocycles. The molecule has 5 heteroatoms. The van der Waals surface area contributed by atoms with E-state index in [2.05, 4.69) is 22.0 Å². The zero-order valence-corrected chi connectivity index (χ0v) is 18.1. The molecule has 1 unspecified atom stereocenters. The topological polar surface area (TPSA) is 46.6 Å². The Balaban J connectivity index is 1.85. The number of ether oxygens (including phenoxy) is 1. The number of likely N-dealkylation sites (tertiary alicyclic amines) is 1. The molecule has 4 nitrogen and oxygen atoms in total. The van der Waals surface area contributed by atoms with E-state index >= 15 is 0 Å². The first-order valence-corrected chi connectivity index (χ1v) is 10.5. The van der Waals surface area contributed by atoms with Crippen LogP contribution in [0.4, 0.5) is 0 Å². The highest BCUT2D eigenvalue weighted by Gasteiger charge is 2.27. The van der Waals surface area contributed by atoms with Crippen LogP contribution in [0.25, 0.3) is 0 Å². The number of rotatable bonds is 7. The summed E-state index contributed by atoms with van der Waals surface area (Å²) in [7, 11) is 0. The van der Waals surface area contributed by atoms with Gasteiger partial charge in [0.25, 0.3) is 0 Å². The van der Waals surface area contributed by atoms with E-state index in [-0.39, 0.29) is 17.9 Å². The summed E-state index contributed by atoms with van der Waals surface area (Å²) in [5, 5.41) is 0. The van der Waals surface area contributed by atoms with E-state index in [4.69, 9.17) is 4.74 Å². The predicted molar refractivity (Wildman–Crippen MR) is 111 cm³/mol. The minimum atomic E-state index is -0.462. The highest BCUT2D eigenvalue weighted by Crippen LogP contribution is 2.27. The molecule has 1 aromatic carbocycles. The van der Waals surface area contributed by atoms with Crippen molar-refractivity contribution in [3.63, 3.8) is 0 Å². The van der Waals surface area contributed by atoms with Crippen LogP contribution in [0.1, 0.15) is 64.9 Å². The number of piperidine rings is 1. The number of hydrogen-bond acceptors (Lipinski definition) is 3. The van der Waals surface area contributed by atoms with Crippen molar-refractivity contribution in [2.75, 3.05) is 0 Å². The summed E-state index contributed by atoms with van der Waals surface area (Å²) in [5.74, 6) is -0.0581. The molecule has 0 aliphatic carbocycles. The Morgan fingerprint density at radius 3 is 2.78 bits per heavy atom. The number of amides is 1. The van der Waals surface area contributed by atoms with E-state index in [1.54, 1.807) is 0 Å². The summed E-state index contributed by atoms with van der Waals surface area (Å²) in [6.07, 6.45) is 8.74. The molecule has 1 saturated heterocycles. The zero-order valence-electron chi connectivity index (χ0n) is 16.5. The molecule has 0 N–H and O–H groups in total. The van der Waals surface area contributed by atoms with Gasteiger partial charge in [-0.1, -0.05) is 40.2 Å². The van der Waals surface area contributed by atoms with E-state index in [0.29, 0.717) is 13.0 Å². The van der Waals surface area contributed by atoms with Gasteiger partial charge >= 0.3 is 5.97 Å². The Kier molecular flexibility index (Phi) is 8.08. The van der Waals surface area contributed by atoms with Crippen molar-refractivity contribution in [3.8, 4) is 0 Å². The Hall–Kier alpha value is -1.62. The summed E-state index contributed by atoms with van der Waals surface area (Å²) < 4.78 is 6.30. The quantitative estimate of drug-likeness (QED) is 0.327. The molecule has 148 valence electrons. The van der Waals surface area contributed by atoms with Crippen LogP contribution in [0.5, 0.6) is 0 Å². The maximum atomic E-state index is 12.5. The van der Waals surface area contributed by atoms with Gasteiger partial charge in [-0.25, -0.2) is 4.79 Å². The molecule has 1 atom stereocenters. The third-order valence-electron chi connectivity index (χ3n) is 4.56. The van der Waals surface area contributed by atoms with Gasteiger partial charge in [-0.2, -0.15) is 0 Å². The van der Waals surface area contributed by atoms with Crippen molar-refractivity contribution in [1.29, 1.82) is 0 Å². The molecule has 1 fully saturated rings. The third kappa shape index (κ3) is 7.49. The summed E-state index contributed by atoms with van der Waals surface area (Å²) in [4.78, 5) is 26.2. The Labute approximate surface area is 171 Å². The van der Waals surface area contributed by atoms with Crippen LogP contribution in [0.2, 0.25) is 0 Å². The Bertz CT molecular complexity index is 678. The van der Waals surface area contributed by atoms with Crippen molar-refractivity contribution in [3.05, 3.63) is 46.5 Å². The van der Waals surface area contributed by atoms with Crippen LogP contribution in [0, 0.1) is 0 Å². The fourth-order valence-corrected chi connectivity index (χ4v) is 3.72. The smallest absolute Gasteiger partial charge is 0.330 e. The van der Waals surface area contributed by atoms with Crippen LogP contribution in [0.3, 0.4) is 0 Å². The van der Waals surface area contributed by atoms with E-state index < -0.39 is 5.60 Å². The van der Waals surface area contributed by atoms with E-state index in [1.807, 2.05) is 49.9 Å². The lowest BCUT2D eigenvalue weighted by Gasteiger charge is -2.36. The van der Waals surface area contributed by atoms with E-state index in [1.165, 1.54) is 6.08 Å². The molecule has 0 radical (unpaired) electrons. The first-order chi connectivity index (χ1) is 12.8. The molecule has 0 spiro atoms. The molecule has 1 heterocycles. The highest BCUT2D eigenvalue weighted by molar-refractivity contribution is 9.10. The van der Waals surface area contributed by atoms with Crippen molar-refractivity contribution < 1.29 is 14.3 Å². The Morgan fingerprint density at radius 2 is 2.07 bits per heavy atom. The van der Waals surface area contributed by atoms with Crippen LogP contribution in [-0.4, -0.2) is 28.4 Å². The van der Waals surface area contributed by atoms with Gasteiger partial charge in [0.05, 0.1) is 0 Å². The van der Waals surface area contributed by atoms with E-state index in [9.17, 15) is 9.59 Å². The zero-order chi connectivity index (χ0) is 19.9. The van der Waals surface area contributed by atoms with Crippen molar-refractivity contribution in [2.45, 2.75) is 77.5 Å². The molecule has 1 amide bonds. The van der Waals surface area contributed by atoms with Crippen molar-refractivity contribution in [1.82, 2.24) is 4.90 Å². The average molecular weight is 436 g/mol. The van der Waals surface area contributed by atoms with Crippen LogP contribution >= 0.6 is 15.9 Å². The minimum Gasteiger partial charge on any atom is -0.457 e. The number of carbonyl (C=O) groups excluding carboxylic acids is 2. The van der Waals surface area contributed by atoms with Crippen molar-refractivity contribution >= 4 is 27.8 Å². The van der Waals surface area contributed by atoms with Gasteiger partial charge in [0.2, 0.25) is 5.91 Å². The number of halogens is 1. The molecule has 1 aliphatic rings. The predicted octanol–water partition coefficient (Wildman–Crippen LogP) is 5.40. The van der Waals surface area contributed by atoms with Gasteiger partial charge in [-0.15, -0.1) is 0 Å². The van der Waals surface area contributed by atoms with E-state index in [0.717, 1.165) is 42.1 Å². The number of benzene rings is 1. The standard InChI is InChI=1S/C22H30BrNO3/c1-22(2,3)27-21(26)15-6-4-5-11-18-12-9-14-20(25)24(18)16-17-10-7-8-13-19(17)23/h6-8,10,13,15,18H,4-5,9,11-12,14,16H2,1-3H3/b15-6+. The average Bonchev–Trinajstić information content (AvgIpc) is 2.57. The van der Waals surface area contributed by atoms with Gasteiger partial charge in [0, 0.05) is 29.6 Å². The SMILES string of the molecule is CC(C)(C)OC(=O)/C=C/CCCC1CCCC(=O)N1Cc1ccccc1Br. The number of carbonyl (C=O) groups is 2. The summed E-state index contributed by atoms with van der Waals surface area (Å²) in [6.45, 7) is 6.23. The monoisotopic (exact) mass is 435 g/mol. The second-order valence-corrected chi connectivity index (χ2v) is 8.88. The minimum absolute atomic E-state index is 0.242. The second-order valence-electron chi connectivity index (χ2n) is 8.03. The molecule has 0 saturated carbocycles. The number of esters is 1. The van der Waals surface area contributed by atoms with Gasteiger partial charge in [0.1, 0.15) is 5.60 Å².